The van der Waals surface area contributed by atoms with E-state index < -0.39 is 0 Å². The Bertz CT molecular complexity index is 1350. The maximum atomic E-state index is 8.77. The van der Waals surface area contributed by atoms with E-state index >= 15 is 0 Å². The largest absolute Gasteiger partial charge is 0.410 e. The average Bonchev–Trinajstić information content (AvgIpc) is 2.94. The molecule has 0 saturated carbocycles. The lowest BCUT2D eigenvalue weighted by Gasteiger charge is -2.00. The number of aryl methyl sites for hydroxylation is 3. The zero-order valence-corrected chi connectivity index (χ0v) is 21.9. The van der Waals surface area contributed by atoms with Gasteiger partial charge >= 0.3 is 0 Å². The van der Waals surface area contributed by atoms with E-state index in [0.717, 1.165) is 27.8 Å². The molecule has 0 spiro atoms. The van der Waals surface area contributed by atoms with Crippen LogP contribution in [0.1, 0.15) is 33.4 Å². The van der Waals surface area contributed by atoms with E-state index in [9.17, 15) is 0 Å². The fourth-order valence-corrected chi connectivity index (χ4v) is 3.09. The molecule has 3 aromatic carbocycles. The minimum absolute atomic E-state index is 0.0492. The monoisotopic (exact) mass is 508 g/mol. The predicted octanol–water partition coefficient (Wildman–Crippen LogP) is 5.44. The molecule has 0 heterocycles. The van der Waals surface area contributed by atoms with Crippen LogP contribution in [0.25, 0.3) is 0 Å². The molecule has 0 aromatic heterocycles. The van der Waals surface area contributed by atoms with Gasteiger partial charge in [-0.15, -0.1) is 0 Å². The number of hydrogen-bond acceptors (Lipinski definition) is 9. The SMILES string of the molecule is CO/N=C(/C#N)c1ccccc1C.CO/N=C(/C#N)c1ccccc1C.Cc1ccccc1/C(C#N)=N\O. The Labute approximate surface area is 222 Å². The molecule has 0 saturated heterocycles. The van der Waals surface area contributed by atoms with E-state index in [1.165, 1.54) is 14.2 Å². The fraction of sp³-hybridized carbons (Fsp3) is 0.172. The smallest absolute Gasteiger partial charge is 0.187 e. The van der Waals surface area contributed by atoms with Crippen molar-refractivity contribution in [1.29, 1.82) is 15.8 Å². The van der Waals surface area contributed by atoms with E-state index in [1.54, 1.807) is 12.1 Å². The molecule has 0 radical (unpaired) electrons. The summed E-state index contributed by atoms with van der Waals surface area (Å²) in [5.41, 5.74) is 5.90. The summed E-state index contributed by atoms with van der Waals surface area (Å²) in [7, 11) is 2.85. The van der Waals surface area contributed by atoms with Crippen molar-refractivity contribution in [3.8, 4) is 18.2 Å². The standard InChI is InChI=1S/2C10H10N2O.C9H8N2O/c2*1-8-5-3-4-6-9(8)10(7-11)12-13-2;1-7-4-2-3-5-8(7)9(6-10)11-12/h2*3-6H,1-2H3;2-5,12H,1H3/b2*12-10-;11-9-. The first-order chi connectivity index (χ1) is 18.4. The van der Waals surface area contributed by atoms with Crippen LogP contribution in [-0.4, -0.2) is 36.6 Å². The Morgan fingerprint density at radius 1 is 0.579 bits per heavy atom. The van der Waals surface area contributed by atoms with Crippen LogP contribution in [0, 0.1) is 54.8 Å². The highest BCUT2D eigenvalue weighted by molar-refractivity contribution is 6.13. The first-order valence-electron chi connectivity index (χ1n) is 11.2. The minimum atomic E-state index is 0.0492. The van der Waals surface area contributed by atoms with Crippen molar-refractivity contribution in [2.45, 2.75) is 20.8 Å². The van der Waals surface area contributed by atoms with Crippen molar-refractivity contribution in [3.05, 3.63) is 106 Å². The van der Waals surface area contributed by atoms with Crippen molar-refractivity contribution < 1.29 is 14.9 Å². The van der Waals surface area contributed by atoms with Gasteiger partial charge in [0, 0.05) is 16.7 Å². The Balaban J connectivity index is 0.000000285. The van der Waals surface area contributed by atoms with Crippen LogP contribution in [0.15, 0.2) is 88.3 Å². The van der Waals surface area contributed by atoms with Crippen LogP contribution in [-0.2, 0) is 9.68 Å². The van der Waals surface area contributed by atoms with E-state index in [2.05, 4.69) is 25.1 Å². The molecule has 0 bridgehead atoms. The lowest BCUT2D eigenvalue weighted by atomic mass is 10.1. The lowest BCUT2D eigenvalue weighted by molar-refractivity contribution is 0.214. The quantitative estimate of drug-likeness (QED) is 0.276. The first kappa shape index (κ1) is 30.6. The highest BCUT2D eigenvalue weighted by atomic mass is 16.6. The third-order valence-electron chi connectivity index (χ3n) is 4.98. The average molecular weight is 509 g/mol. The van der Waals surface area contributed by atoms with Crippen LogP contribution in [0.5, 0.6) is 0 Å². The summed E-state index contributed by atoms with van der Waals surface area (Å²) in [6.07, 6.45) is 0. The van der Waals surface area contributed by atoms with Crippen LogP contribution in [0.3, 0.4) is 0 Å². The van der Waals surface area contributed by atoms with E-state index in [4.69, 9.17) is 21.0 Å². The van der Waals surface area contributed by atoms with Crippen molar-refractivity contribution in [2.24, 2.45) is 15.5 Å². The molecular formula is C29H28N6O3. The second-order valence-corrected chi connectivity index (χ2v) is 7.47. The van der Waals surface area contributed by atoms with Gasteiger partial charge in [-0.05, 0) is 37.5 Å². The minimum Gasteiger partial charge on any atom is -0.410 e. The molecule has 0 atom stereocenters. The number of nitrogens with zero attached hydrogens (tertiary/aromatic N) is 6. The molecule has 9 nitrogen and oxygen atoms in total. The zero-order valence-electron chi connectivity index (χ0n) is 21.9. The molecular weight excluding hydrogens is 480 g/mol. The number of benzene rings is 3. The van der Waals surface area contributed by atoms with Gasteiger partial charge in [-0.3, -0.25) is 0 Å². The van der Waals surface area contributed by atoms with Crippen molar-refractivity contribution in [1.82, 2.24) is 0 Å². The van der Waals surface area contributed by atoms with Crippen LogP contribution in [0.4, 0.5) is 0 Å². The Hall–Kier alpha value is -5.46. The molecule has 0 amide bonds. The molecule has 0 aliphatic rings. The van der Waals surface area contributed by atoms with Gasteiger partial charge in [-0.2, -0.15) is 15.8 Å². The first-order valence-corrected chi connectivity index (χ1v) is 11.2. The van der Waals surface area contributed by atoms with Crippen molar-refractivity contribution in [2.75, 3.05) is 14.2 Å². The summed E-state index contributed by atoms with van der Waals surface area (Å²) >= 11 is 0. The second-order valence-electron chi connectivity index (χ2n) is 7.47. The molecule has 3 aromatic rings. The summed E-state index contributed by atoms with van der Waals surface area (Å²) in [5.74, 6) is 0. The summed E-state index contributed by atoms with van der Waals surface area (Å²) in [4.78, 5) is 9.14. The summed E-state index contributed by atoms with van der Waals surface area (Å²) in [6.45, 7) is 5.72. The Morgan fingerprint density at radius 2 is 0.868 bits per heavy atom. The van der Waals surface area contributed by atoms with Gasteiger partial charge in [-0.1, -0.05) is 88.3 Å². The number of rotatable bonds is 5. The molecule has 38 heavy (non-hydrogen) atoms. The summed E-state index contributed by atoms with van der Waals surface area (Å²) in [6, 6.07) is 28.2. The lowest BCUT2D eigenvalue weighted by Crippen LogP contribution is -2.00. The molecule has 0 aliphatic heterocycles. The number of oxime groups is 3. The van der Waals surface area contributed by atoms with Crippen LogP contribution < -0.4 is 0 Å². The summed E-state index contributed by atoms with van der Waals surface area (Å²) in [5, 5.41) is 44.7. The second kappa shape index (κ2) is 17.0. The van der Waals surface area contributed by atoms with Gasteiger partial charge in [-0.25, -0.2) is 0 Å². The summed E-state index contributed by atoms with van der Waals surface area (Å²) < 4.78 is 0. The Kier molecular flexibility index (Phi) is 13.7. The van der Waals surface area contributed by atoms with Gasteiger partial charge < -0.3 is 14.9 Å². The van der Waals surface area contributed by atoms with Gasteiger partial charge in [0.2, 0.25) is 0 Å². The third-order valence-corrected chi connectivity index (χ3v) is 4.98. The number of nitriles is 3. The highest BCUT2D eigenvalue weighted by Gasteiger charge is 2.06. The van der Waals surface area contributed by atoms with Crippen molar-refractivity contribution in [3.63, 3.8) is 0 Å². The topological polar surface area (TPSA) is 147 Å². The van der Waals surface area contributed by atoms with E-state index in [-0.39, 0.29) is 5.71 Å². The zero-order chi connectivity index (χ0) is 28.3. The maximum Gasteiger partial charge on any atom is 0.187 e. The van der Waals surface area contributed by atoms with Crippen LogP contribution in [0.2, 0.25) is 0 Å². The van der Waals surface area contributed by atoms with Gasteiger partial charge in [0.05, 0.1) is 0 Å². The van der Waals surface area contributed by atoms with Crippen molar-refractivity contribution >= 4 is 17.1 Å². The van der Waals surface area contributed by atoms with Gasteiger partial charge in [0.15, 0.2) is 17.1 Å². The molecule has 3 rings (SSSR count). The molecule has 0 unspecified atom stereocenters. The molecule has 9 heteroatoms. The van der Waals surface area contributed by atoms with Crippen LogP contribution >= 0.6 is 0 Å². The number of hydrogen-bond donors (Lipinski definition) is 1. The van der Waals surface area contributed by atoms with E-state index in [1.807, 2.05) is 99.6 Å². The van der Waals surface area contributed by atoms with Gasteiger partial charge in [0.25, 0.3) is 0 Å². The molecule has 192 valence electrons. The highest BCUT2D eigenvalue weighted by Crippen LogP contribution is 2.09. The fourth-order valence-electron chi connectivity index (χ4n) is 3.09. The normalized spacial score (nSPS) is 10.7. The Morgan fingerprint density at radius 3 is 1.11 bits per heavy atom. The molecule has 0 fully saturated rings. The third kappa shape index (κ3) is 9.30. The van der Waals surface area contributed by atoms with E-state index in [0.29, 0.717) is 17.0 Å². The predicted molar refractivity (Wildman–Crippen MR) is 146 cm³/mol. The molecule has 1 N–H and O–H groups in total. The van der Waals surface area contributed by atoms with Gasteiger partial charge in [0.1, 0.15) is 32.4 Å². The molecule has 0 aliphatic carbocycles. The maximum absolute atomic E-state index is 8.77.